The lowest BCUT2D eigenvalue weighted by atomic mass is 10.1. The van der Waals surface area contributed by atoms with Crippen LogP contribution in [-0.2, 0) is 10.2 Å². The molecule has 0 saturated carbocycles. The maximum Gasteiger partial charge on any atom is 0.278 e. The lowest BCUT2D eigenvalue weighted by Crippen LogP contribution is -2.49. The molecule has 0 aliphatic heterocycles. The van der Waals surface area contributed by atoms with E-state index in [4.69, 9.17) is 6.42 Å². The Labute approximate surface area is 86.7 Å². The molecular weight excluding hydrogens is 200 g/mol. The normalized spacial score (nSPS) is 14.8. The topological polar surface area (TPSA) is 58.2 Å². The average Bonchev–Trinajstić information content (AvgIpc) is 1.95. The van der Waals surface area contributed by atoms with Crippen LogP contribution in [0.3, 0.4) is 0 Å². The molecular formula is C9H18N2O2S. The summed E-state index contributed by atoms with van der Waals surface area (Å²) in [5.74, 6) is 2.36. The van der Waals surface area contributed by atoms with Crippen molar-refractivity contribution in [2.45, 2.75) is 45.7 Å². The van der Waals surface area contributed by atoms with Crippen LogP contribution in [0.5, 0.6) is 0 Å². The molecule has 0 amide bonds. The van der Waals surface area contributed by atoms with Gasteiger partial charge in [-0.1, -0.05) is 12.8 Å². The quantitative estimate of drug-likeness (QED) is 0.680. The molecule has 5 heteroatoms. The molecule has 0 aromatic carbocycles. The van der Waals surface area contributed by atoms with E-state index in [1.807, 2.05) is 6.92 Å². The van der Waals surface area contributed by atoms with Gasteiger partial charge in [0.05, 0.1) is 6.04 Å². The maximum absolute atomic E-state index is 11.5. The Kier molecular flexibility index (Phi) is 4.59. The van der Waals surface area contributed by atoms with Crippen molar-refractivity contribution in [2.24, 2.45) is 0 Å². The van der Waals surface area contributed by atoms with Crippen LogP contribution < -0.4 is 9.44 Å². The maximum atomic E-state index is 11.5. The van der Waals surface area contributed by atoms with Gasteiger partial charge < -0.3 is 0 Å². The van der Waals surface area contributed by atoms with Crippen LogP contribution in [0.25, 0.3) is 0 Å². The SMILES string of the molecule is C#CC(CC)NS(=O)(=O)NC(C)(C)C. The molecule has 14 heavy (non-hydrogen) atoms. The Morgan fingerprint density at radius 3 is 2.21 bits per heavy atom. The van der Waals surface area contributed by atoms with Gasteiger partial charge in [-0.3, -0.25) is 0 Å². The van der Waals surface area contributed by atoms with E-state index in [-0.39, 0.29) is 0 Å². The van der Waals surface area contributed by atoms with Crippen molar-refractivity contribution in [1.82, 2.24) is 9.44 Å². The zero-order valence-corrected chi connectivity index (χ0v) is 9.90. The van der Waals surface area contributed by atoms with Crippen LogP contribution in [0.4, 0.5) is 0 Å². The first-order chi connectivity index (χ1) is 6.20. The lowest BCUT2D eigenvalue weighted by Gasteiger charge is -2.21. The Bertz CT molecular complexity index is 309. The molecule has 0 aliphatic carbocycles. The highest BCUT2D eigenvalue weighted by molar-refractivity contribution is 7.87. The summed E-state index contributed by atoms with van der Waals surface area (Å²) in [6, 6.07) is -0.449. The molecule has 2 N–H and O–H groups in total. The van der Waals surface area contributed by atoms with Gasteiger partial charge in [0.15, 0.2) is 0 Å². The molecule has 82 valence electrons. The Balaban J connectivity index is 4.45. The van der Waals surface area contributed by atoms with Gasteiger partial charge in [-0.15, -0.1) is 6.42 Å². The molecule has 0 aromatic heterocycles. The summed E-state index contributed by atoms with van der Waals surface area (Å²) in [6.45, 7) is 7.12. The predicted octanol–water partition coefficient (Wildman–Crippen LogP) is 0.621. The Hall–Kier alpha value is -0.570. The van der Waals surface area contributed by atoms with Crippen LogP contribution >= 0.6 is 0 Å². The zero-order valence-electron chi connectivity index (χ0n) is 9.09. The predicted molar refractivity (Wildman–Crippen MR) is 57.9 cm³/mol. The van der Waals surface area contributed by atoms with Gasteiger partial charge in [-0.2, -0.15) is 17.9 Å². The van der Waals surface area contributed by atoms with E-state index in [2.05, 4.69) is 15.4 Å². The molecule has 0 radical (unpaired) electrons. The minimum Gasteiger partial charge on any atom is -0.197 e. The highest BCUT2D eigenvalue weighted by Crippen LogP contribution is 2.01. The molecule has 0 heterocycles. The van der Waals surface area contributed by atoms with Gasteiger partial charge in [0, 0.05) is 5.54 Å². The van der Waals surface area contributed by atoms with E-state index in [0.717, 1.165) is 0 Å². The average molecular weight is 218 g/mol. The standard InChI is InChI=1S/C9H18N2O2S/c1-6-8(7-2)10-14(12,13)11-9(3,4)5/h1,8,10-11H,7H2,2-5H3. The van der Waals surface area contributed by atoms with Crippen molar-refractivity contribution in [3.05, 3.63) is 0 Å². The molecule has 0 aliphatic rings. The molecule has 4 nitrogen and oxygen atoms in total. The fraction of sp³-hybridized carbons (Fsp3) is 0.778. The summed E-state index contributed by atoms with van der Waals surface area (Å²) in [5.41, 5.74) is -0.501. The number of nitrogens with one attached hydrogen (secondary N) is 2. The van der Waals surface area contributed by atoms with Crippen LogP contribution in [0.1, 0.15) is 34.1 Å². The molecule has 0 bridgehead atoms. The third-order valence-electron chi connectivity index (χ3n) is 1.35. The van der Waals surface area contributed by atoms with Crippen LogP contribution in [0.15, 0.2) is 0 Å². The zero-order chi connectivity index (χ0) is 11.4. The third kappa shape index (κ3) is 5.97. The second-order valence-corrected chi connectivity index (χ2v) is 5.55. The van der Waals surface area contributed by atoms with Crippen molar-refractivity contribution < 1.29 is 8.42 Å². The summed E-state index contributed by atoms with van der Waals surface area (Å²) >= 11 is 0. The van der Waals surface area contributed by atoms with Crippen molar-refractivity contribution in [2.75, 3.05) is 0 Å². The Morgan fingerprint density at radius 2 is 1.93 bits per heavy atom. The first kappa shape index (κ1) is 13.4. The molecule has 0 aromatic rings. The van der Waals surface area contributed by atoms with Gasteiger partial charge in [-0.25, -0.2) is 0 Å². The molecule has 0 rings (SSSR count). The van der Waals surface area contributed by atoms with Crippen LogP contribution in [0, 0.1) is 12.3 Å². The largest absolute Gasteiger partial charge is 0.278 e. The van der Waals surface area contributed by atoms with E-state index >= 15 is 0 Å². The van der Waals surface area contributed by atoms with Crippen molar-refractivity contribution in [1.29, 1.82) is 0 Å². The van der Waals surface area contributed by atoms with Gasteiger partial charge >= 0.3 is 0 Å². The summed E-state index contributed by atoms with van der Waals surface area (Å²) in [7, 11) is -3.51. The van der Waals surface area contributed by atoms with Crippen LogP contribution in [-0.4, -0.2) is 20.0 Å². The molecule has 0 saturated heterocycles. The number of rotatable bonds is 4. The van der Waals surface area contributed by atoms with E-state index in [1.54, 1.807) is 20.8 Å². The second kappa shape index (κ2) is 4.78. The smallest absolute Gasteiger partial charge is 0.197 e. The summed E-state index contributed by atoms with van der Waals surface area (Å²) in [5, 5.41) is 0. The Morgan fingerprint density at radius 1 is 1.43 bits per heavy atom. The van der Waals surface area contributed by atoms with Crippen molar-refractivity contribution in [3.8, 4) is 12.3 Å². The first-order valence-electron chi connectivity index (χ1n) is 4.47. The third-order valence-corrected chi connectivity index (χ3v) is 2.82. The monoisotopic (exact) mass is 218 g/mol. The van der Waals surface area contributed by atoms with Crippen molar-refractivity contribution in [3.63, 3.8) is 0 Å². The minimum atomic E-state index is -3.51. The number of hydrogen-bond donors (Lipinski definition) is 2. The molecule has 0 spiro atoms. The van der Waals surface area contributed by atoms with E-state index < -0.39 is 21.8 Å². The lowest BCUT2D eigenvalue weighted by molar-refractivity contribution is 0.480. The van der Waals surface area contributed by atoms with Gasteiger partial charge in [0.1, 0.15) is 0 Å². The second-order valence-electron chi connectivity index (χ2n) is 4.10. The number of terminal acetylenes is 1. The molecule has 0 fully saturated rings. The highest BCUT2D eigenvalue weighted by atomic mass is 32.2. The first-order valence-corrected chi connectivity index (χ1v) is 5.96. The molecule has 1 unspecified atom stereocenters. The fourth-order valence-corrected chi connectivity index (χ4v) is 2.33. The van der Waals surface area contributed by atoms with Gasteiger partial charge in [-0.05, 0) is 27.2 Å². The minimum absolute atomic E-state index is 0.449. The van der Waals surface area contributed by atoms with Crippen LogP contribution in [0.2, 0.25) is 0 Å². The van der Waals surface area contributed by atoms with Gasteiger partial charge in [0.25, 0.3) is 10.2 Å². The fourth-order valence-electron chi connectivity index (χ4n) is 0.855. The van der Waals surface area contributed by atoms with Gasteiger partial charge in [0.2, 0.25) is 0 Å². The molecule has 1 atom stereocenters. The van der Waals surface area contributed by atoms with E-state index in [0.29, 0.717) is 6.42 Å². The number of hydrogen-bond acceptors (Lipinski definition) is 2. The summed E-state index contributed by atoms with van der Waals surface area (Å²) in [6.07, 6.45) is 5.72. The highest BCUT2D eigenvalue weighted by Gasteiger charge is 2.21. The summed E-state index contributed by atoms with van der Waals surface area (Å²) in [4.78, 5) is 0. The van der Waals surface area contributed by atoms with Crippen molar-refractivity contribution >= 4 is 10.2 Å². The summed E-state index contributed by atoms with van der Waals surface area (Å²) < 4.78 is 27.7. The van der Waals surface area contributed by atoms with E-state index in [1.165, 1.54) is 0 Å². The van der Waals surface area contributed by atoms with E-state index in [9.17, 15) is 8.42 Å².